The maximum atomic E-state index is 12.7. The van der Waals surface area contributed by atoms with Crippen molar-refractivity contribution in [2.45, 2.75) is 39.0 Å². The van der Waals surface area contributed by atoms with Gasteiger partial charge in [0, 0.05) is 17.8 Å². The Morgan fingerprint density at radius 3 is 2.59 bits per heavy atom. The van der Waals surface area contributed by atoms with E-state index in [2.05, 4.69) is 46.1 Å². The highest BCUT2D eigenvalue weighted by Gasteiger charge is 2.32. The Hall–Kier alpha value is -2.61. The second-order valence-corrected chi connectivity index (χ2v) is 6.32. The average Bonchev–Trinajstić information content (AvgIpc) is 3.16. The number of anilines is 1. The molecule has 2 atom stereocenters. The molecule has 2 aromatic carbocycles. The number of amides is 1. The molecule has 1 aliphatic heterocycles. The second-order valence-electron chi connectivity index (χ2n) is 6.32. The summed E-state index contributed by atoms with van der Waals surface area (Å²) in [6, 6.07) is 15.5. The topological polar surface area (TPSA) is 86.5 Å². The van der Waals surface area contributed by atoms with Crippen molar-refractivity contribution in [3.05, 3.63) is 59.7 Å². The molecule has 1 saturated heterocycles. The molecule has 1 amide bonds. The van der Waals surface area contributed by atoms with Crippen LogP contribution in [0.2, 0.25) is 0 Å². The molecule has 5 N–H and O–H groups in total. The van der Waals surface area contributed by atoms with Crippen LogP contribution in [0.25, 0.3) is 0 Å². The van der Waals surface area contributed by atoms with E-state index in [1.807, 2.05) is 43.3 Å². The summed E-state index contributed by atoms with van der Waals surface area (Å²) in [6.45, 7) is 5.06. The van der Waals surface area contributed by atoms with Gasteiger partial charge in [0.1, 0.15) is 18.0 Å². The van der Waals surface area contributed by atoms with Crippen molar-refractivity contribution in [2.75, 3.05) is 11.9 Å². The quantitative estimate of drug-likeness (QED) is 0.487. The molecule has 3 rings (SSSR count). The number of rotatable bonds is 8. The highest BCUT2D eigenvalue weighted by molar-refractivity contribution is 5.83. The van der Waals surface area contributed by atoms with Gasteiger partial charge in [-0.2, -0.15) is 5.53 Å². The van der Waals surface area contributed by atoms with Gasteiger partial charge in [0.15, 0.2) is 0 Å². The number of nitrogens with one attached hydrogen (secondary N) is 5. The van der Waals surface area contributed by atoms with E-state index in [-0.39, 0.29) is 12.1 Å². The highest BCUT2D eigenvalue weighted by atomic mass is 16.5. The minimum atomic E-state index is -0.463. The molecule has 0 saturated carbocycles. The molecule has 144 valence electrons. The highest BCUT2D eigenvalue weighted by Crippen LogP contribution is 2.18. The predicted molar refractivity (Wildman–Crippen MR) is 106 cm³/mol. The zero-order chi connectivity index (χ0) is 19.1. The molecule has 1 fully saturated rings. The van der Waals surface area contributed by atoms with Gasteiger partial charge >= 0.3 is 0 Å². The normalized spacial score (nSPS) is 18.9. The molecule has 1 aliphatic rings. The fraction of sp³-hybridized carbons (Fsp3) is 0.350. The zero-order valence-corrected chi connectivity index (χ0v) is 15.7. The van der Waals surface area contributed by atoms with E-state index in [9.17, 15) is 4.79 Å². The summed E-state index contributed by atoms with van der Waals surface area (Å²) in [7, 11) is 0. The van der Waals surface area contributed by atoms with Gasteiger partial charge in [-0.25, -0.2) is 10.9 Å². The number of hydrogen-bond acceptors (Lipinski definition) is 6. The van der Waals surface area contributed by atoms with E-state index >= 15 is 0 Å². The number of carbonyl (C=O) groups excluding carboxylic acids is 1. The number of hydrazine groups is 2. The summed E-state index contributed by atoms with van der Waals surface area (Å²) in [4.78, 5) is 12.7. The molecule has 0 aromatic heterocycles. The number of carbonyl (C=O) groups is 1. The first-order valence-electron chi connectivity index (χ1n) is 9.31. The fourth-order valence-electron chi connectivity index (χ4n) is 2.95. The van der Waals surface area contributed by atoms with E-state index in [0.29, 0.717) is 13.2 Å². The average molecular weight is 369 g/mol. The van der Waals surface area contributed by atoms with Crippen molar-refractivity contribution in [3.8, 4) is 5.75 Å². The zero-order valence-electron chi connectivity index (χ0n) is 15.7. The van der Waals surface area contributed by atoms with Crippen LogP contribution in [-0.2, 0) is 17.8 Å². The van der Waals surface area contributed by atoms with Crippen LogP contribution in [0.3, 0.4) is 0 Å². The summed E-state index contributed by atoms with van der Waals surface area (Å²) in [5, 5.41) is 6.30. The molecule has 2 aromatic rings. The predicted octanol–water partition coefficient (Wildman–Crippen LogP) is 1.68. The summed E-state index contributed by atoms with van der Waals surface area (Å²) < 4.78 is 5.61. The third kappa shape index (κ3) is 4.97. The third-order valence-electron chi connectivity index (χ3n) is 4.48. The standard InChI is InChI=1S/C20H27N5O2/c1-3-14-9-11-16(12-10-14)22-19-18(23-25-24-19)20(26)21-13-15-7-5-6-8-17(15)27-4-2/h5-12,18-19,22-25H,3-4,13H2,1-2H3,(H,21,26). The van der Waals surface area contributed by atoms with Gasteiger partial charge < -0.3 is 15.4 Å². The summed E-state index contributed by atoms with van der Waals surface area (Å²) in [6.07, 6.45) is 0.721. The smallest absolute Gasteiger partial charge is 0.242 e. The lowest BCUT2D eigenvalue weighted by Crippen LogP contribution is -2.50. The number of benzene rings is 2. The van der Waals surface area contributed by atoms with Crippen LogP contribution in [0.15, 0.2) is 48.5 Å². The largest absolute Gasteiger partial charge is 0.494 e. The van der Waals surface area contributed by atoms with Crippen molar-refractivity contribution in [3.63, 3.8) is 0 Å². The number of ether oxygens (including phenoxy) is 1. The Labute approximate surface area is 159 Å². The molecule has 7 nitrogen and oxygen atoms in total. The van der Waals surface area contributed by atoms with Crippen molar-refractivity contribution in [1.82, 2.24) is 21.7 Å². The van der Waals surface area contributed by atoms with Gasteiger partial charge in [0.25, 0.3) is 0 Å². The lowest BCUT2D eigenvalue weighted by Gasteiger charge is -2.20. The molecule has 2 unspecified atom stereocenters. The van der Waals surface area contributed by atoms with Crippen molar-refractivity contribution >= 4 is 11.6 Å². The lowest BCUT2D eigenvalue weighted by atomic mass is 10.1. The number of hydrogen-bond donors (Lipinski definition) is 5. The number of aryl methyl sites for hydroxylation is 1. The fourth-order valence-corrected chi connectivity index (χ4v) is 2.95. The third-order valence-corrected chi connectivity index (χ3v) is 4.48. The Morgan fingerprint density at radius 1 is 1.07 bits per heavy atom. The summed E-state index contributed by atoms with van der Waals surface area (Å²) >= 11 is 0. The molecular formula is C20H27N5O2. The van der Waals surface area contributed by atoms with Crippen LogP contribution >= 0.6 is 0 Å². The first-order valence-corrected chi connectivity index (χ1v) is 9.31. The monoisotopic (exact) mass is 369 g/mol. The number of para-hydroxylation sites is 1. The van der Waals surface area contributed by atoms with Crippen LogP contribution < -0.4 is 31.8 Å². The SMILES string of the molecule is CCOc1ccccc1CNC(=O)C1NNNC1Nc1ccc(CC)cc1. The van der Waals surface area contributed by atoms with Crippen molar-refractivity contribution < 1.29 is 9.53 Å². The molecule has 1 heterocycles. The maximum absolute atomic E-state index is 12.7. The molecule has 0 aliphatic carbocycles. The Kier molecular flexibility index (Phi) is 6.64. The molecule has 0 radical (unpaired) electrons. The summed E-state index contributed by atoms with van der Waals surface area (Å²) in [5.74, 6) is 0.683. The molecular weight excluding hydrogens is 342 g/mol. The Balaban J connectivity index is 1.58. The van der Waals surface area contributed by atoms with Crippen LogP contribution in [0.4, 0.5) is 5.69 Å². The van der Waals surface area contributed by atoms with Gasteiger partial charge in [-0.3, -0.25) is 4.79 Å². The summed E-state index contributed by atoms with van der Waals surface area (Å²) in [5.41, 5.74) is 12.0. The van der Waals surface area contributed by atoms with E-state index in [0.717, 1.165) is 23.4 Å². The van der Waals surface area contributed by atoms with Crippen LogP contribution in [0.1, 0.15) is 25.0 Å². The molecule has 0 bridgehead atoms. The van der Waals surface area contributed by atoms with E-state index in [1.165, 1.54) is 5.56 Å². The van der Waals surface area contributed by atoms with Gasteiger partial charge in [-0.1, -0.05) is 37.3 Å². The van der Waals surface area contributed by atoms with Gasteiger partial charge in [-0.05, 0) is 37.1 Å². The molecule has 0 spiro atoms. The van der Waals surface area contributed by atoms with Gasteiger partial charge in [0.05, 0.1) is 6.61 Å². The molecule has 7 heteroatoms. The van der Waals surface area contributed by atoms with Crippen molar-refractivity contribution in [2.24, 2.45) is 0 Å². The van der Waals surface area contributed by atoms with E-state index in [1.54, 1.807) is 0 Å². The van der Waals surface area contributed by atoms with Crippen LogP contribution in [0.5, 0.6) is 5.75 Å². The van der Waals surface area contributed by atoms with E-state index < -0.39 is 6.04 Å². The van der Waals surface area contributed by atoms with E-state index in [4.69, 9.17) is 4.74 Å². The van der Waals surface area contributed by atoms with Crippen molar-refractivity contribution in [1.29, 1.82) is 0 Å². The van der Waals surface area contributed by atoms with Gasteiger partial charge in [0.2, 0.25) is 5.91 Å². The molecule has 27 heavy (non-hydrogen) atoms. The maximum Gasteiger partial charge on any atom is 0.242 e. The minimum absolute atomic E-state index is 0.110. The Morgan fingerprint density at radius 2 is 1.85 bits per heavy atom. The lowest BCUT2D eigenvalue weighted by molar-refractivity contribution is -0.123. The second kappa shape index (κ2) is 9.36. The van der Waals surface area contributed by atoms with Gasteiger partial charge in [-0.15, -0.1) is 0 Å². The van der Waals surface area contributed by atoms with Crippen LogP contribution in [0, 0.1) is 0 Å². The Bertz CT molecular complexity index is 750. The first-order chi connectivity index (χ1) is 13.2. The van der Waals surface area contributed by atoms with Crippen LogP contribution in [-0.4, -0.2) is 24.7 Å². The first kappa shape index (κ1) is 19.2. The minimum Gasteiger partial charge on any atom is -0.494 e.